The lowest BCUT2D eigenvalue weighted by Crippen LogP contribution is -2.03. The van der Waals surface area contributed by atoms with Gasteiger partial charge >= 0.3 is 5.97 Å². The molecule has 0 aliphatic carbocycles. The van der Waals surface area contributed by atoms with Gasteiger partial charge in [0.1, 0.15) is 5.82 Å². The number of aliphatic carboxylic acids is 1. The molecule has 0 saturated carbocycles. The topological polar surface area (TPSA) is 68.0 Å². The highest BCUT2D eigenvalue weighted by Crippen LogP contribution is 2.00. The van der Waals surface area contributed by atoms with Crippen molar-refractivity contribution < 1.29 is 9.90 Å². The summed E-state index contributed by atoms with van der Waals surface area (Å²) in [6.07, 6.45) is 4.28. The number of aryl methyl sites for hydroxylation is 2. The van der Waals surface area contributed by atoms with Crippen molar-refractivity contribution in [3.8, 4) is 0 Å². The Morgan fingerprint density at radius 3 is 2.73 bits per heavy atom. The summed E-state index contributed by atoms with van der Waals surface area (Å²) in [6.45, 7) is 4.45. The van der Waals surface area contributed by atoms with Crippen molar-refractivity contribution in [2.24, 2.45) is 0 Å². The number of nitrogens with zero attached hydrogens (tertiary/aromatic N) is 3. The molecule has 5 nitrogen and oxygen atoms in total. The van der Waals surface area contributed by atoms with E-state index in [9.17, 15) is 4.79 Å². The fourth-order valence-corrected chi connectivity index (χ4v) is 1.24. The fraction of sp³-hybridized carbons (Fsp3) is 0.500. The molecule has 0 spiro atoms. The van der Waals surface area contributed by atoms with Crippen LogP contribution >= 0.6 is 0 Å². The molecule has 0 aliphatic heterocycles. The van der Waals surface area contributed by atoms with Crippen molar-refractivity contribution in [2.45, 2.75) is 33.2 Å². The van der Waals surface area contributed by atoms with E-state index >= 15 is 0 Å². The number of allylic oxidation sites excluding steroid dienone is 1. The normalized spacial score (nSPS) is 11.1. The highest BCUT2D eigenvalue weighted by molar-refractivity contribution is 5.79. The van der Waals surface area contributed by atoms with Gasteiger partial charge in [-0.25, -0.2) is 14.5 Å². The van der Waals surface area contributed by atoms with Gasteiger partial charge in [-0.1, -0.05) is 19.9 Å². The van der Waals surface area contributed by atoms with E-state index in [1.54, 1.807) is 10.8 Å². The number of carbonyl (C=O) groups is 1. The SMILES string of the molecule is CCc1nc(CC)n(C/C=C/C(=O)O)n1. The number of carboxylic acids is 1. The first-order chi connectivity index (χ1) is 7.17. The number of rotatable bonds is 5. The molecule has 0 radical (unpaired) electrons. The minimum absolute atomic E-state index is 0.461. The second-order valence-corrected chi connectivity index (χ2v) is 3.07. The summed E-state index contributed by atoms with van der Waals surface area (Å²) in [7, 11) is 0. The first kappa shape index (κ1) is 11.4. The van der Waals surface area contributed by atoms with Crippen molar-refractivity contribution in [2.75, 3.05) is 0 Å². The van der Waals surface area contributed by atoms with Gasteiger partial charge in [0.25, 0.3) is 0 Å². The number of aromatic nitrogens is 3. The molecule has 0 unspecified atom stereocenters. The lowest BCUT2D eigenvalue weighted by molar-refractivity contribution is -0.131. The molecule has 1 N–H and O–H groups in total. The molecule has 5 heteroatoms. The van der Waals surface area contributed by atoms with Crippen LogP contribution in [0.3, 0.4) is 0 Å². The van der Waals surface area contributed by atoms with Crippen LogP contribution in [0.1, 0.15) is 25.5 Å². The zero-order chi connectivity index (χ0) is 11.3. The van der Waals surface area contributed by atoms with Gasteiger partial charge in [0.05, 0.1) is 6.54 Å². The molecule has 0 saturated heterocycles. The van der Waals surface area contributed by atoms with Gasteiger partial charge < -0.3 is 5.11 Å². The largest absolute Gasteiger partial charge is 0.478 e. The molecular weight excluding hydrogens is 194 g/mol. The molecule has 0 fully saturated rings. The highest BCUT2D eigenvalue weighted by atomic mass is 16.4. The van der Waals surface area contributed by atoms with E-state index in [1.807, 2.05) is 13.8 Å². The molecular formula is C10H15N3O2. The fourth-order valence-electron chi connectivity index (χ4n) is 1.24. The van der Waals surface area contributed by atoms with Crippen LogP contribution in [0.15, 0.2) is 12.2 Å². The Balaban J connectivity index is 2.74. The van der Waals surface area contributed by atoms with Gasteiger partial charge in [-0.05, 0) is 0 Å². The summed E-state index contributed by atoms with van der Waals surface area (Å²) >= 11 is 0. The van der Waals surface area contributed by atoms with E-state index in [-0.39, 0.29) is 0 Å². The summed E-state index contributed by atoms with van der Waals surface area (Å²) in [5, 5.41) is 12.7. The van der Waals surface area contributed by atoms with Crippen molar-refractivity contribution >= 4 is 5.97 Å². The smallest absolute Gasteiger partial charge is 0.328 e. The highest BCUT2D eigenvalue weighted by Gasteiger charge is 2.04. The Morgan fingerprint density at radius 1 is 1.47 bits per heavy atom. The third-order valence-corrected chi connectivity index (χ3v) is 1.96. The van der Waals surface area contributed by atoms with Gasteiger partial charge in [-0.2, -0.15) is 5.10 Å². The zero-order valence-electron chi connectivity index (χ0n) is 8.97. The van der Waals surface area contributed by atoms with Crippen LogP contribution in [0.4, 0.5) is 0 Å². The van der Waals surface area contributed by atoms with Crippen molar-refractivity contribution in [3.63, 3.8) is 0 Å². The Labute approximate surface area is 88.4 Å². The van der Waals surface area contributed by atoms with E-state index in [4.69, 9.17) is 5.11 Å². The van der Waals surface area contributed by atoms with Crippen LogP contribution in [0.25, 0.3) is 0 Å². The molecule has 1 aromatic rings. The lowest BCUT2D eigenvalue weighted by Gasteiger charge is -1.98. The van der Waals surface area contributed by atoms with Gasteiger partial charge in [0.15, 0.2) is 5.82 Å². The molecule has 82 valence electrons. The summed E-state index contributed by atoms with van der Waals surface area (Å²) in [5.41, 5.74) is 0. The minimum Gasteiger partial charge on any atom is -0.478 e. The van der Waals surface area contributed by atoms with Crippen LogP contribution in [-0.4, -0.2) is 25.8 Å². The molecule has 1 aromatic heterocycles. The van der Waals surface area contributed by atoms with Crippen LogP contribution in [-0.2, 0) is 24.2 Å². The molecule has 0 atom stereocenters. The average Bonchev–Trinajstić information content (AvgIpc) is 2.60. The van der Waals surface area contributed by atoms with Gasteiger partial charge in [0.2, 0.25) is 0 Å². The standard InChI is InChI=1S/C10H15N3O2/c1-3-8-11-9(4-2)13(12-8)7-5-6-10(14)15/h5-6H,3-4,7H2,1-2H3,(H,14,15)/b6-5+. The first-order valence-electron chi connectivity index (χ1n) is 4.99. The maximum Gasteiger partial charge on any atom is 0.328 e. The van der Waals surface area contributed by atoms with Gasteiger partial charge in [0, 0.05) is 18.9 Å². The zero-order valence-corrected chi connectivity index (χ0v) is 8.97. The number of hydrogen-bond acceptors (Lipinski definition) is 3. The maximum absolute atomic E-state index is 10.3. The van der Waals surface area contributed by atoms with Crippen molar-refractivity contribution in [1.82, 2.24) is 14.8 Å². The minimum atomic E-state index is -0.941. The van der Waals surface area contributed by atoms with Crippen molar-refractivity contribution in [1.29, 1.82) is 0 Å². The second kappa shape index (κ2) is 5.29. The summed E-state index contributed by atoms with van der Waals surface area (Å²) in [5.74, 6) is 0.751. The molecule has 1 heterocycles. The number of hydrogen-bond donors (Lipinski definition) is 1. The van der Waals surface area contributed by atoms with Crippen molar-refractivity contribution in [3.05, 3.63) is 23.8 Å². The van der Waals surface area contributed by atoms with E-state index in [2.05, 4.69) is 10.1 Å². The molecule has 0 aromatic carbocycles. The Morgan fingerprint density at radius 2 is 2.20 bits per heavy atom. The van der Waals surface area contributed by atoms with Crippen LogP contribution in [0.2, 0.25) is 0 Å². The van der Waals surface area contributed by atoms with E-state index in [1.165, 1.54) is 0 Å². The van der Waals surface area contributed by atoms with Gasteiger partial charge in [-0.15, -0.1) is 0 Å². The predicted octanol–water partition coefficient (Wildman–Crippen LogP) is 1.04. The van der Waals surface area contributed by atoms with Gasteiger partial charge in [-0.3, -0.25) is 0 Å². The van der Waals surface area contributed by atoms with E-state index < -0.39 is 5.97 Å². The monoisotopic (exact) mass is 209 g/mol. The molecule has 0 bridgehead atoms. The quantitative estimate of drug-likeness (QED) is 0.736. The molecule has 0 amide bonds. The third kappa shape index (κ3) is 3.19. The Kier molecular flexibility index (Phi) is 4.03. The predicted molar refractivity (Wildman–Crippen MR) is 55.6 cm³/mol. The molecule has 1 rings (SSSR count). The lowest BCUT2D eigenvalue weighted by atomic mass is 10.4. The van der Waals surface area contributed by atoms with Crippen LogP contribution in [0.5, 0.6) is 0 Å². The summed E-state index contributed by atoms with van der Waals surface area (Å²) < 4.78 is 1.73. The first-order valence-corrected chi connectivity index (χ1v) is 4.99. The Hall–Kier alpha value is -1.65. The molecule has 15 heavy (non-hydrogen) atoms. The second-order valence-electron chi connectivity index (χ2n) is 3.07. The Bertz CT molecular complexity index is 369. The summed E-state index contributed by atoms with van der Waals surface area (Å²) in [4.78, 5) is 14.6. The van der Waals surface area contributed by atoms with Crippen LogP contribution < -0.4 is 0 Å². The van der Waals surface area contributed by atoms with Crippen LogP contribution in [0, 0.1) is 0 Å². The summed E-state index contributed by atoms with van der Waals surface area (Å²) in [6, 6.07) is 0. The van der Waals surface area contributed by atoms with E-state index in [0.717, 1.165) is 30.6 Å². The van der Waals surface area contributed by atoms with E-state index in [0.29, 0.717) is 6.54 Å². The molecule has 0 aliphatic rings. The maximum atomic E-state index is 10.3. The number of carboxylic acid groups (broad SMARTS) is 1. The average molecular weight is 209 g/mol. The third-order valence-electron chi connectivity index (χ3n) is 1.96.